The molecule has 0 aliphatic rings. The molecule has 0 fully saturated rings. The zero-order chi connectivity index (χ0) is 23.4. The van der Waals surface area contributed by atoms with Crippen LogP contribution in [0.3, 0.4) is 0 Å². The van der Waals surface area contributed by atoms with Crippen molar-refractivity contribution in [2.75, 3.05) is 12.4 Å². The second kappa shape index (κ2) is 9.41. The van der Waals surface area contributed by atoms with E-state index in [2.05, 4.69) is 10.0 Å². The van der Waals surface area contributed by atoms with E-state index < -0.39 is 33.4 Å². The molecule has 6 nitrogen and oxygen atoms in total. The number of hydrogen-bond acceptors (Lipinski definition) is 4. The molecule has 0 saturated carbocycles. The molecule has 0 aromatic heterocycles. The summed E-state index contributed by atoms with van der Waals surface area (Å²) in [7, 11) is -2.83. The lowest BCUT2D eigenvalue weighted by molar-refractivity contribution is -0.136. The molecule has 3 aromatic carbocycles. The van der Waals surface area contributed by atoms with Crippen molar-refractivity contribution in [3.05, 3.63) is 89.5 Å². The Labute approximate surface area is 183 Å². The monoisotopic (exact) mass is 464 g/mol. The molecule has 0 saturated heterocycles. The summed E-state index contributed by atoms with van der Waals surface area (Å²) in [4.78, 5) is 12.3. The second-order valence-electron chi connectivity index (χ2n) is 6.67. The van der Waals surface area contributed by atoms with Crippen LogP contribution in [-0.4, -0.2) is 21.4 Å². The lowest BCUT2D eigenvalue weighted by atomic mass is 10.1. The van der Waals surface area contributed by atoms with Gasteiger partial charge in [0.15, 0.2) is 0 Å². The van der Waals surface area contributed by atoms with Crippen LogP contribution in [0.1, 0.15) is 21.5 Å². The molecule has 0 spiro atoms. The number of halogens is 3. The predicted molar refractivity (Wildman–Crippen MR) is 113 cm³/mol. The first-order chi connectivity index (χ1) is 15.1. The van der Waals surface area contributed by atoms with Gasteiger partial charge in [-0.3, -0.25) is 4.79 Å². The number of anilines is 1. The minimum absolute atomic E-state index is 0.00170. The summed E-state index contributed by atoms with van der Waals surface area (Å²) in [6, 6.07) is 16.9. The SMILES string of the molecule is COc1ccc(C(=O)Nc2ccccc2C(F)(F)F)cc1S(=O)(=O)NCc1ccccc1. The zero-order valence-corrected chi connectivity index (χ0v) is 17.6. The number of carbonyl (C=O) groups excluding carboxylic acids is 1. The van der Waals surface area contributed by atoms with Crippen LogP contribution in [0.2, 0.25) is 0 Å². The number of sulfonamides is 1. The number of para-hydroxylation sites is 1. The Morgan fingerprint density at radius 2 is 1.62 bits per heavy atom. The summed E-state index contributed by atoms with van der Waals surface area (Å²) in [5.74, 6) is -0.915. The normalized spacial score (nSPS) is 11.8. The van der Waals surface area contributed by atoms with Gasteiger partial charge >= 0.3 is 6.18 Å². The molecular weight excluding hydrogens is 445 g/mol. The molecule has 0 radical (unpaired) electrons. The first-order valence-electron chi connectivity index (χ1n) is 9.31. The molecule has 0 bridgehead atoms. The molecule has 168 valence electrons. The van der Waals surface area contributed by atoms with E-state index in [1.54, 1.807) is 30.3 Å². The van der Waals surface area contributed by atoms with Crippen molar-refractivity contribution in [2.24, 2.45) is 0 Å². The highest BCUT2D eigenvalue weighted by molar-refractivity contribution is 7.89. The fraction of sp³-hybridized carbons (Fsp3) is 0.136. The minimum atomic E-state index is -4.67. The van der Waals surface area contributed by atoms with Gasteiger partial charge in [0, 0.05) is 12.1 Å². The number of rotatable bonds is 7. The smallest absolute Gasteiger partial charge is 0.418 e. The van der Waals surface area contributed by atoms with Crippen LogP contribution < -0.4 is 14.8 Å². The molecule has 0 atom stereocenters. The van der Waals surface area contributed by atoms with Crippen LogP contribution >= 0.6 is 0 Å². The van der Waals surface area contributed by atoms with Gasteiger partial charge < -0.3 is 10.1 Å². The average Bonchev–Trinajstić information content (AvgIpc) is 2.77. The van der Waals surface area contributed by atoms with Crippen molar-refractivity contribution in [1.82, 2.24) is 4.72 Å². The molecule has 3 aromatic rings. The van der Waals surface area contributed by atoms with Crippen molar-refractivity contribution in [1.29, 1.82) is 0 Å². The molecule has 0 aliphatic carbocycles. The third-order valence-corrected chi connectivity index (χ3v) is 5.93. The molecule has 0 heterocycles. The van der Waals surface area contributed by atoms with Gasteiger partial charge in [0.05, 0.1) is 18.4 Å². The molecule has 32 heavy (non-hydrogen) atoms. The van der Waals surface area contributed by atoms with Gasteiger partial charge in [0.1, 0.15) is 10.6 Å². The van der Waals surface area contributed by atoms with Crippen molar-refractivity contribution < 1.29 is 31.1 Å². The predicted octanol–water partition coefficient (Wildman–Crippen LogP) is 4.44. The van der Waals surface area contributed by atoms with Gasteiger partial charge in [-0.15, -0.1) is 0 Å². The minimum Gasteiger partial charge on any atom is -0.495 e. The summed E-state index contributed by atoms with van der Waals surface area (Å²) in [6.45, 7) is 0.00170. The standard InChI is InChI=1S/C22H19F3N2O4S/c1-31-19-12-11-16(21(28)27-18-10-6-5-9-17(18)22(23,24)25)13-20(19)32(29,30)26-14-15-7-3-2-4-8-15/h2-13,26H,14H2,1H3,(H,27,28). The van der Waals surface area contributed by atoms with Gasteiger partial charge in [0.25, 0.3) is 5.91 Å². The lowest BCUT2D eigenvalue weighted by Crippen LogP contribution is -2.24. The quantitative estimate of drug-likeness (QED) is 0.541. The van der Waals surface area contributed by atoms with E-state index in [9.17, 15) is 26.4 Å². The van der Waals surface area contributed by atoms with Crippen LogP contribution in [0.4, 0.5) is 18.9 Å². The first-order valence-corrected chi connectivity index (χ1v) is 10.8. The largest absolute Gasteiger partial charge is 0.495 e. The molecule has 0 unspecified atom stereocenters. The number of nitrogens with one attached hydrogen (secondary N) is 2. The third kappa shape index (κ3) is 5.45. The van der Waals surface area contributed by atoms with Gasteiger partial charge in [-0.25, -0.2) is 13.1 Å². The number of methoxy groups -OCH3 is 1. The van der Waals surface area contributed by atoms with Gasteiger partial charge in [-0.05, 0) is 35.9 Å². The Morgan fingerprint density at radius 3 is 2.28 bits per heavy atom. The summed E-state index contributed by atoms with van der Waals surface area (Å²) < 4.78 is 72.8. The number of carbonyl (C=O) groups is 1. The summed E-state index contributed by atoms with van der Waals surface area (Å²) >= 11 is 0. The molecular formula is C22H19F3N2O4S. The van der Waals surface area contributed by atoms with E-state index in [1.165, 1.54) is 31.4 Å². The van der Waals surface area contributed by atoms with Crippen molar-refractivity contribution in [3.8, 4) is 5.75 Å². The summed E-state index contributed by atoms with van der Waals surface area (Å²) in [6.07, 6.45) is -4.67. The van der Waals surface area contributed by atoms with Crippen LogP contribution in [0.25, 0.3) is 0 Å². The highest BCUT2D eigenvalue weighted by atomic mass is 32.2. The fourth-order valence-corrected chi connectivity index (χ4v) is 4.12. The van der Waals surface area contributed by atoms with Crippen LogP contribution in [-0.2, 0) is 22.7 Å². The van der Waals surface area contributed by atoms with Crippen LogP contribution in [0.15, 0.2) is 77.7 Å². The molecule has 10 heteroatoms. The van der Waals surface area contributed by atoms with E-state index in [0.717, 1.165) is 18.2 Å². The Morgan fingerprint density at radius 1 is 0.969 bits per heavy atom. The molecule has 0 aliphatic heterocycles. The molecule has 2 N–H and O–H groups in total. The number of ether oxygens (including phenoxy) is 1. The number of alkyl halides is 3. The number of amides is 1. The maximum absolute atomic E-state index is 13.2. The zero-order valence-electron chi connectivity index (χ0n) is 16.8. The first kappa shape index (κ1) is 23.3. The number of benzene rings is 3. The highest BCUT2D eigenvalue weighted by Crippen LogP contribution is 2.35. The maximum atomic E-state index is 13.2. The topological polar surface area (TPSA) is 84.5 Å². The van der Waals surface area contributed by atoms with Crippen molar-refractivity contribution in [3.63, 3.8) is 0 Å². The highest BCUT2D eigenvalue weighted by Gasteiger charge is 2.33. The van der Waals surface area contributed by atoms with E-state index in [-0.39, 0.29) is 22.8 Å². The lowest BCUT2D eigenvalue weighted by Gasteiger charge is -2.15. The van der Waals surface area contributed by atoms with E-state index >= 15 is 0 Å². The Hall–Kier alpha value is -3.37. The molecule has 3 rings (SSSR count). The van der Waals surface area contributed by atoms with E-state index in [4.69, 9.17) is 4.74 Å². The van der Waals surface area contributed by atoms with Crippen molar-refractivity contribution >= 4 is 21.6 Å². The average molecular weight is 464 g/mol. The summed E-state index contributed by atoms with van der Waals surface area (Å²) in [5, 5.41) is 2.19. The Balaban J connectivity index is 1.88. The molecule has 1 amide bonds. The van der Waals surface area contributed by atoms with Gasteiger partial charge in [0.2, 0.25) is 10.0 Å². The fourth-order valence-electron chi connectivity index (χ4n) is 2.91. The van der Waals surface area contributed by atoms with E-state index in [1.807, 2.05) is 0 Å². The second-order valence-corrected chi connectivity index (χ2v) is 8.41. The Bertz CT molecular complexity index is 1210. The number of hydrogen-bond donors (Lipinski definition) is 2. The van der Waals surface area contributed by atoms with Crippen LogP contribution in [0.5, 0.6) is 5.75 Å². The maximum Gasteiger partial charge on any atom is 0.418 e. The van der Waals surface area contributed by atoms with E-state index in [0.29, 0.717) is 5.56 Å². The summed E-state index contributed by atoms with van der Waals surface area (Å²) in [5.41, 5.74) is -0.887. The third-order valence-electron chi connectivity index (χ3n) is 4.51. The van der Waals surface area contributed by atoms with Gasteiger partial charge in [-0.2, -0.15) is 13.2 Å². The van der Waals surface area contributed by atoms with Crippen molar-refractivity contribution in [2.45, 2.75) is 17.6 Å². The van der Waals surface area contributed by atoms with Gasteiger partial charge in [-0.1, -0.05) is 42.5 Å². The van der Waals surface area contributed by atoms with Crippen LogP contribution in [0, 0.1) is 0 Å². The Kier molecular flexibility index (Phi) is 6.85.